The van der Waals surface area contributed by atoms with Crippen LogP contribution in [0.1, 0.15) is 30.1 Å². The molecule has 1 aromatic rings. The van der Waals surface area contributed by atoms with Crippen molar-refractivity contribution in [2.24, 2.45) is 0 Å². The fraction of sp³-hybridized carbons (Fsp3) is 0.417. The highest BCUT2D eigenvalue weighted by atomic mass is 79.9. The molecule has 0 aliphatic rings. The molecule has 0 fully saturated rings. The molecule has 0 radical (unpaired) electrons. The number of hydrogen-bond acceptors (Lipinski definition) is 3. The van der Waals surface area contributed by atoms with E-state index in [1.165, 1.54) is 6.07 Å². The first-order valence-corrected chi connectivity index (χ1v) is 6.24. The highest BCUT2D eigenvalue weighted by Crippen LogP contribution is 2.24. The third-order valence-corrected chi connectivity index (χ3v) is 3.05. The van der Waals surface area contributed by atoms with E-state index in [0.717, 1.165) is 6.42 Å². The number of carbonyl (C=O) groups excluding carboxylic acids is 1. The molecule has 0 heterocycles. The van der Waals surface area contributed by atoms with Gasteiger partial charge in [0.2, 0.25) is 0 Å². The molecule has 1 atom stereocenters. The molecule has 0 aliphatic heterocycles. The number of hydrogen-bond donors (Lipinski definition) is 3. The molecule has 17 heavy (non-hydrogen) atoms. The van der Waals surface area contributed by atoms with E-state index in [-0.39, 0.29) is 24.3 Å². The van der Waals surface area contributed by atoms with Crippen LogP contribution in [0.2, 0.25) is 0 Å². The molecule has 3 N–H and O–H groups in total. The molecule has 94 valence electrons. The average molecular weight is 302 g/mol. The lowest BCUT2D eigenvalue weighted by Gasteiger charge is -2.13. The molecule has 0 saturated carbocycles. The van der Waals surface area contributed by atoms with Crippen LogP contribution in [0, 0.1) is 0 Å². The van der Waals surface area contributed by atoms with Crippen molar-refractivity contribution in [2.75, 3.05) is 6.61 Å². The normalized spacial score (nSPS) is 12.2. The second kappa shape index (κ2) is 6.61. The van der Waals surface area contributed by atoms with E-state index in [0.29, 0.717) is 16.5 Å². The molecular weight excluding hydrogens is 286 g/mol. The Morgan fingerprint density at radius 1 is 1.53 bits per heavy atom. The first-order chi connectivity index (χ1) is 8.04. The fourth-order valence-corrected chi connectivity index (χ4v) is 1.68. The van der Waals surface area contributed by atoms with Gasteiger partial charge in [-0.15, -0.1) is 0 Å². The molecule has 1 unspecified atom stereocenters. The summed E-state index contributed by atoms with van der Waals surface area (Å²) in [6, 6.07) is 4.68. The number of phenolic OH excluding ortho intramolecular Hbond substituents is 1. The Morgan fingerprint density at radius 3 is 2.82 bits per heavy atom. The van der Waals surface area contributed by atoms with Gasteiger partial charge in [-0.05, 0) is 53.9 Å². The van der Waals surface area contributed by atoms with Gasteiger partial charge in [-0.3, -0.25) is 4.79 Å². The SMILES string of the molecule is CC(CCCO)NC(=O)c1ccc(Br)c(O)c1. The molecule has 1 rings (SSSR count). The molecule has 0 bridgehead atoms. The molecular formula is C12H16BrNO3. The van der Waals surface area contributed by atoms with E-state index in [1.807, 2.05) is 6.92 Å². The highest BCUT2D eigenvalue weighted by molar-refractivity contribution is 9.10. The largest absolute Gasteiger partial charge is 0.507 e. The maximum Gasteiger partial charge on any atom is 0.251 e. The number of carbonyl (C=O) groups is 1. The average Bonchev–Trinajstić information content (AvgIpc) is 2.30. The van der Waals surface area contributed by atoms with Crippen LogP contribution >= 0.6 is 15.9 Å². The zero-order valence-corrected chi connectivity index (χ0v) is 11.2. The molecule has 1 amide bonds. The van der Waals surface area contributed by atoms with Crippen LogP contribution in [-0.4, -0.2) is 28.8 Å². The topological polar surface area (TPSA) is 69.6 Å². The van der Waals surface area contributed by atoms with Gasteiger partial charge in [0.1, 0.15) is 5.75 Å². The van der Waals surface area contributed by atoms with Crippen LogP contribution in [-0.2, 0) is 0 Å². The van der Waals surface area contributed by atoms with Gasteiger partial charge in [-0.25, -0.2) is 0 Å². The van der Waals surface area contributed by atoms with Crippen molar-refractivity contribution in [3.63, 3.8) is 0 Å². The third kappa shape index (κ3) is 4.36. The van der Waals surface area contributed by atoms with Crippen LogP contribution in [0.3, 0.4) is 0 Å². The summed E-state index contributed by atoms with van der Waals surface area (Å²) in [6.07, 6.45) is 1.39. The predicted molar refractivity (Wildman–Crippen MR) is 69.1 cm³/mol. The summed E-state index contributed by atoms with van der Waals surface area (Å²) in [7, 11) is 0. The molecule has 0 spiro atoms. The first-order valence-electron chi connectivity index (χ1n) is 5.45. The molecule has 0 saturated heterocycles. The van der Waals surface area contributed by atoms with Gasteiger partial charge >= 0.3 is 0 Å². The summed E-state index contributed by atoms with van der Waals surface area (Å²) in [5.41, 5.74) is 0.418. The highest BCUT2D eigenvalue weighted by Gasteiger charge is 2.11. The Hall–Kier alpha value is -1.07. The number of aromatic hydroxyl groups is 1. The summed E-state index contributed by atoms with van der Waals surface area (Å²) >= 11 is 3.15. The van der Waals surface area contributed by atoms with Crippen molar-refractivity contribution in [3.05, 3.63) is 28.2 Å². The maximum atomic E-state index is 11.8. The van der Waals surface area contributed by atoms with Gasteiger partial charge in [0.15, 0.2) is 0 Å². The van der Waals surface area contributed by atoms with E-state index in [9.17, 15) is 9.90 Å². The number of nitrogens with one attached hydrogen (secondary N) is 1. The van der Waals surface area contributed by atoms with Crippen LogP contribution in [0.5, 0.6) is 5.75 Å². The molecule has 1 aromatic carbocycles. The van der Waals surface area contributed by atoms with Gasteiger partial charge in [0, 0.05) is 18.2 Å². The minimum Gasteiger partial charge on any atom is -0.507 e. The number of benzene rings is 1. The first kappa shape index (κ1) is 14.0. The summed E-state index contributed by atoms with van der Waals surface area (Å²) < 4.78 is 0.558. The predicted octanol–water partition coefficient (Wildman–Crippen LogP) is 2.05. The van der Waals surface area contributed by atoms with E-state index in [2.05, 4.69) is 21.2 Å². The van der Waals surface area contributed by atoms with Crippen molar-refractivity contribution in [3.8, 4) is 5.75 Å². The van der Waals surface area contributed by atoms with Gasteiger partial charge < -0.3 is 15.5 Å². The Kier molecular flexibility index (Phi) is 5.44. The lowest BCUT2D eigenvalue weighted by atomic mass is 10.1. The maximum absolute atomic E-state index is 11.8. The van der Waals surface area contributed by atoms with E-state index in [4.69, 9.17) is 5.11 Å². The van der Waals surface area contributed by atoms with Gasteiger partial charge in [0.05, 0.1) is 4.47 Å². The van der Waals surface area contributed by atoms with Crippen LogP contribution in [0.4, 0.5) is 0 Å². The summed E-state index contributed by atoms with van der Waals surface area (Å²) in [5, 5.41) is 20.9. The van der Waals surface area contributed by atoms with E-state index >= 15 is 0 Å². The minimum atomic E-state index is -0.224. The van der Waals surface area contributed by atoms with Crippen molar-refractivity contribution in [1.82, 2.24) is 5.32 Å². The second-order valence-electron chi connectivity index (χ2n) is 3.91. The van der Waals surface area contributed by atoms with Gasteiger partial charge in [-0.2, -0.15) is 0 Å². The fourth-order valence-electron chi connectivity index (χ4n) is 1.43. The minimum absolute atomic E-state index is 0.000407. The van der Waals surface area contributed by atoms with Crippen molar-refractivity contribution in [1.29, 1.82) is 0 Å². The number of phenols is 1. The molecule has 0 aliphatic carbocycles. The van der Waals surface area contributed by atoms with Crippen molar-refractivity contribution < 1.29 is 15.0 Å². The summed E-state index contributed by atoms with van der Waals surface area (Å²) in [6.45, 7) is 2.01. The molecule has 5 heteroatoms. The van der Waals surface area contributed by atoms with E-state index < -0.39 is 0 Å². The van der Waals surface area contributed by atoms with Crippen LogP contribution in [0.15, 0.2) is 22.7 Å². The second-order valence-corrected chi connectivity index (χ2v) is 4.76. The number of amides is 1. The zero-order valence-electron chi connectivity index (χ0n) is 9.61. The Bertz CT molecular complexity index is 395. The Balaban J connectivity index is 2.60. The number of rotatable bonds is 5. The molecule has 0 aromatic heterocycles. The third-order valence-electron chi connectivity index (χ3n) is 2.38. The zero-order chi connectivity index (χ0) is 12.8. The smallest absolute Gasteiger partial charge is 0.251 e. The Morgan fingerprint density at radius 2 is 2.24 bits per heavy atom. The number of aliphatic hydroxyl groups excluding tert-OH is 1. The van der Waals surface area contributed by atoms with Crippen molar-refractivity contribution in [2.45, 2.75) is 25.8 Å². The monoisotopic (exact) mass is 301 g/mol. The van der Waals surface area contributed by atoms with E-state index in [1.54, 1.807) is 12.1 Å². The van der Waals surface area contributed by atoms with Crippen molar-refractivity contribution >= 4 is 21.8 Å². The lowest BCUT2D eigenvalue weighted by Crippen LogP contribution is -2.32. The van der Waals surface area contributed by atoms with Gasteiger partial charge in [0.25, 0.3) is 5.91 Å². The molecule has 4 nitrogen and oxygen atoms in total. The number of halogens is 1. The van der Waals surface area contributed by atoms with Gasteiger partial charge in [-0.1, -0.05) is 0 Å². The Labute approximate surface area is 109 Å². The number of aliphatic hydroxyl groups is 1. The lowest BCUT2D eigenvalue weighted by molar-refractivity contribution is 0.0936. The quantitative estimate of drug-likeness (QED) is 0.779. The standard InChI is InChI=1S/C12H16BrNO3/c1-8(3-2-6-15)14-12(17)9-4-5-10(13)11(16)7-9/h4-5,7-8,15-16H,2-3,6H2,1H3,(H,14,17). The summed E-state index contributed by atoms with van der Waals surface area (Å²) in [5.74, 6) is -0.182. The van der Waals surface area contributed by atoms with Crippen LogP contribution < -0.4 is 5.32 Å². The summed E-state index contributed by atoms with van der Waals surface area (Å²) in [4.78, 5) is 11.8. The van der Waals surface area contributed by atoms with Crippen LogP contribution in [0.25, 0.3) is 0 Å².